The third kappa shape index (κ3) is 4.64. The van der Waals surface area contributed by atoms with Crippen molar-refractivity contribution in [3.63, 3.8) is 0 Å². The Morgan fingerprint density at radius 3 is 2.81 bits per heavy atom. The zero-order chi connectivity index (χ0) is 18.5. The maximum Gasteiger partial charge on any atom is 0.234 e. The van der Waals surface area contributed by atoms with Gasteiger partial charge in [0.1, 0.15) is 6.33 Å². The molecule has 0 aromatic carbocycles. The summed E-state index contributed by atoms with van der Waals surface area (Å²) in [5.41, 5.74) is 3.79. The minimum absolute atomic E-state index is 0.0693. The van der Waals surface area contributed by atoms with Gasteiger partial charge in [0.25, 0.3) is 0 Å². The Balaban J connectivity index is 1.26. The molecule has 0 saturated heterocycles. The monoisotopic (exact) mass is 367 g/mol. The number of rotatable bonds is 7. The highest BCUT2D eigenvalue weighted by Gasteiger charge is 2.21. The summed E-state index contributed by atoms with van der Waals surface area (Å²) in [6.45, 7) is 3.43. The normalized spacial score (nSPS) is 17.2. The van der Waals surface area contributed by atoms with Gasteiger partial charge in [0, 0.05) is 50.2 Å². The third-order valence-electron chi connectivity index (χ3n) is 5.24. The van der Waals surface area contributed by atoms with Crippen molar-refractivity contribution in [1.82, 2.24) is 35.7 Å². The number of amides is 1. The van der Waals surface area contributed by atoms with E-state index in [-0.39, 0.29) is 5.91 Å². The quantitative estimate of drug-likeness (QED) is 0.690. The summed E-state index contributed by atoms with van der Waals surface area (Å²) in [4.78, 5) is 22.3. The molecule has 2 N–H and O–H groups in total. The smallest absolute Gasteiger partial charge is 0.234 e. The molecule has 4 rings (SSSR count). The highest BCUT2D eigenvalue weighted by atomic mass is 16.2. The Labute approximate surface area is 158 Å². The first-order valence-corrected chi connectivity index (χ1v) is 9.61. The van der Waals surface area contributed by atoms with E-state index in [1.807, 2.05) is 0 Å². The summed E-state index contributed by atoms with van der Waals surface area (Å²) in [5, 5.41) is 15.1. The second-order valence-electron chi connectivity index (χ2n) is 7.22. The number of carbonyl (C=O) groups excluding carboxylic acids is 1. The van der Waals surface area contributed by atoms with Gasteiger partial charge in [0.05, 0.1) is 17.9 Å². The summed E-state index contributed by atoms with van der Waals surface area (Å²) >= 11 is 0. The molecule has 8 heteroatoms. The summed E-state index contributed by atoms with van der Waals surface area (Å²) in [5.74, 6) is 0.0693. The van der Waals surface area contributed by atoms with Gasteiger partial charge in [-0.1, -0.05) is 6.42 Å². The topological polar surface area (TPSA) is 95.9 Å². The van der Waals surface area contributed by atoms with Crippen LogP contribution in [0.2, 0.25) is 0 Å². The van der Waals surface area contributed by atoms with Crippen molar-refractivity contribution >= 4 is 5.91 Å². The van der Waals surface area contributed by atoms with Crippen molar-refractivity contribution in [2.45, 2.75) is 38.3 Å². The Morgan fingerprint density at radius 2 is 2.04 bits per heavy atom. The number of aromatic nitrogens is 4. The van der Waals surface area contributed by atoms with Crippen LogP contribution in [0.3, 0.4) is 0 Å². The maximum atomic E-state index is 12.2. The molecule has 0 atom stereocenters. The van der Waals surface area contributed by atoms with Crippen LogP contribution in [0, 0.1) is 0 Å². The van der Waals surface area contributed by atoms with Crippen molar-refractivity contribution in [3.05, 3.63) is 36.0 Å². The summed E-state index contributed by atoms with van der Waals surface area (Å²) < 4.78 is 0. The lowest BCUT2D eigenvalue weighted by molar-refractivity contribution is -0.122. The van der Waals surface area contributed by atoms with Crippen LogP contribution in [-0.4, -0.2) is 63.2 Å². The molecule has 142 valence electrons. The fourth-order valence-corrected chi connectivity index (χ4v) is 3.43. The molecule has 2 aromatic rings. The second kappa shape index (κ2) is 8.49. The van der Waals surface area contributed by atoms with Gasteiger partial charge in [-0.25, -0.2) is 9.97 Å². The Kier molecular flexibility index (Phi) is 5.64. The van der Waals surface area contributed by atoms with Gasteiger partial charge in [-0.15, -0.1) is 0 Å². The molecule has 1 aliphatic heterocycles. The molecule has 0 bridgehead atoms. The van der Waals surface area contributed by atoms with Gasteiger partial charge in [0.15, 0.2) is 0 Å². The molecule has 8 nitrogen and oxygen atoms in total. The van der Waals surface area contributed by atoms with Crippen LogP contribution in [-0.2, 0) is 17.8 Å². The van der Waals surface area contributed by atoms with Crippen molar-refractivity contribution in [3.8, 4) is 11.3 Å². The van der Waals surface area contributed by atoms with E-state index in [9.17, 15) is 4.79 Å². The molecule has 0 radical (unpaired) electrons. The lowest BCUT2D eigenvalue weighted by Gasteiger charge is -2.28. The number of carbonyl (C=O) groups is 1. The van der Waals surface area contributed by atoms with Crippen LogP contribution in [0.15, 0.2) is 24.8 Å². The lowest BCUT2D eigenvalue weighted by atomic mass is 9.93. The van der Waals surface area contributed by atoms with Crippen LogP contribution in [0.1, 0.15) is 30.5 Å². The van der Waals surface area contributed by atoms with Gasteiger partial charge >= 0.3 is 0 Å². The van der Waals surface area contributed by atoms with Gasteiger partial charge in [0.2, 0.25) is 5.91 Å². The second-order valence-corrected chi connectivity index (χ2v) is 7.22. The zero-order valence-corrected chi connectivity index (χ0v) is 15.4. The molecular formula is C19H25N7O. The molecular weight excluding hydrogens is 342 g/mol. The van der Waals surface area contributed by atoms with Gasteiger partial charge in [-0.3, -0.25) is 9.69 Å². The van der Waals surface area contributed by atoms with Gasteiger partial charge < -0.3 is 10.6 Å². The first kappa shape index (κ1) is 17.9. The average Bonchev–Trinajstić information content (AvgIpc) is 2.66. The fourth-order valence-electron chi connectivity index (χ4n) is 3.43. The standard InChI is InChI=1S/C19H25N7O/c27-19(23-6-5-22-16-2-1-3-16)12-26-7-4-14-8-17(24-25-18(14)11-26)15-9-20-13-21-10-15/h8-10,13,16,22H,1-7,11-12H2,(H,23,27). The third-order valence-corrected chi connectivity index (χ3v) is 5.24. The van der Waals surface area contributed by atoms with Crippen molar-refractivity contribution in [2.75, 3.05) is 26.2 Å². The summed E-state index contributed by atoms with van der Waals surface area (Å²) in [7, 11) is 0. The van der Waals surface area contributed by atoms with E-state index < -0.39 is 0 Å². The summed E-state index contributed by atoms with van der Waals surface area (Å²) in [6.07, 6.45) is 9.70. The fraction of sp³-hybridized carbons (Fsp3) is 0.526. The van der Waals surface area contributed by atoms with E-state index in [1.165, 1.54) is 31.2 Å². The summed E-state index contributed by atoms with van der Waals surface area (Å²) in [6, 6.07) is 2.72. The first-order chi connectivity index (χ1) is 13.3. The van der Waals surface area contributed by atoms with Crippen LogP contribution in [0.25, 0.3) is 11.3 Å². The molecule has 27 heavy (non-hydrogen) atoms. The molecule has 2 aromatic heterocycles. The lowest BCUT2D eigenvalue weighted by Crippen LogP contribution is -2.44. The number of fused-ring (bicyclic) bond motifs is 1. The number of hydrogen-bond donors (Lipinski definition) is 2. The van der Waals surface area contributed by atoms with Crippen molar-refractivity contribution < 1.29 is 4.79 Å². The molecule has 1 amide bonds. The van der Waals surface area contributed by atoms with Crippen molar-refractivity contribution in [1.29, 1.82) is 0 Å². The first-order valence-electron chi connectivity index (χ1n) is 9.61. The van der Waals surface area contributed by atoms with E-state index in [2.05, 4.69) is 41.8 Å². The highest BCUT2D eigenvalue weighted by molar-refractivity contribution is 5.78. The molecule has 0 spiro atoms. The highest BCUT2D eigenvalue weighted by Crippen LogP contribution is 2.21. The van der Waals surface area contributed by atoms with Crippen molar-refractivity contribution in [2.24, 2.45) is 0 Å². The SMILES string of the molecule is O=C(CN1CCc2cc(-c3cncnc3)nnc2C1)NCCNC1CCC1. The van der Waals surface area contributed by atoms with Gasteiger partial charge in [-0.2, -0.15) is 10.2 Å². The largest absolute Gasteiger partial charge is 0.354 e. The zero-order valence-electron chi connectivity index (χ0n) is 15.4. The van der Waals surface area contributed by atoms with E-state index in [0.29, 0.717) is 25.7 Å². The Bertz CT molecular complexity index is 779. The maximum absolute atomic E-state index is 12.2. The Hall–Kier alpha value is -2.45. The number of nitrogens with zero attached hydrogens (tertiary/aromatic N) is 5. The van der Waals surface area contributed by atoms with Crippen LogP contribution in [0.4, 0.5) is 0 Å². The van der Waals surface area contributed by atoms with E-state index >= 15 is 0 Å². The van der Waals surface area contributed by atoms with E-state index in [4.69, 9.17) is 0 Å². The van der Waals surface area contributed by atoms with E-state index in [0.717, 1.165) is 36.5 Å². The minimum atomic E-state index is 0.0693. The average molecular weight is 367 g/mol. The molecule has 2 aliphatic rings. The molecule has 3 heterocycles. The van der Waals surface area contributed by atoms with E-state index in [1.54, 1.807) is 12.4 Å². The molecule has 1 fully saturated rings. The number of hydrogen-bond acceptors (Lipinski definition) is 7. The molecule has 1 aliphatic carbocycles. The van der Waals surface area contributed by atoms with Crippen LogP contribution in [0.5, 0.6) is 0 Å². The predicted molar refractivity (Wildman–Crippen MR) is 101 cm³/mol. The predicted octanol–water partition coefficient (Wildman–Crippen LogP) is 0.550. The molecule has 1 saturated carbocycles. The van der Waals surface area contributed by atoms with Crippen LogP contribution >= 0.6 is 0 Å². The minimum Gasteiger partial charge on any atom is -0.354 e. The molecule has 0 unspecified atom stereocenters. The Morgan fingerprint density at radius 1 is 1.19 bits per heavy atom. The number of nitrogens with one attached hydrogen (secondary N) is 2. The van der Waals surface area contributed by atoms with Gasteiger partial charge in [-0.05, 0) is 30.9 Å². The van der Waals surface area contributed by atoms with Crippen LogP contribution < -0.4 is 10.6 Å².